The van der Waals surface area contributed by atoms with Gasteiger partial charge in [0.05, 0.1) is 7.11 Å². The zero-order valence-electron chi connectivity index (χ0n) is 15.6. The maximum absolute atomic E-state index is 12.5. The van der Waals surface area contributed by atoms with Gasteiger partial charge in [-0.15, -0.1) is 16.4 Å². The van der Waals surface area contributed by atoms with Crippen molar-refractivity contribution in [3.63, 3.8) is 0 Å². The van der Waals surface area contributed by atoms with Gasteiger partial charge in [-0.1, -0.05) is 12.1 Å². The third kappa shape index (κ3) is 3.70. The van der Waals surface area contributed by atoms with Crippen LogP contribution in [0.2, 0.25) is 0 Å². The summed E-state index contributed by atoms with van der Waals surface area (Å²) in [4.78, 5) is 26.3. The summed E-state index contributed by atoms with van der Waals surface area (Å²) in [5.74, 6) is 0.865. The number of thiazole rings is 1. The molecule has 0 aliphatic rings. The highest BCUT2D eigenvalue weighted by Gasteiger charge is 2.16. The summed E-state index contributed by atoms with van der Waals surface area (Å²) in [7, 11) is 1.64. The minimum Gasteiger partial charge on any atom is -0.497 e. The Hall–Kier alpha value is -3.33. The molecule has 0 aliphatic heterocycles. The molecule has 0 saturated heterocycles. The molecular weight excluding hydrogens is 376 g/mol. The highest BCUT2D eigenvalue weighted by Crippen LogP contribution is 2.23. The van der Waals surface area contributed by atoms with Crippen molar-refractivity contribution in [3.8, 4) is 5.75 Å². The van der Waals surface area contributed by atoms with Gasteiger partial charge in [0, 0.05) is 28.9 Å². The van der Waals surface area contributed by atoms with E-state index in [1.807, 2.05) is 44.2 Å². The fourth-order valence-electron chi connectivity index (χ4n) is 2.85. The summed E-state index contributed by atoms with van der Waals surface area (Å²) >= 11 is 1.41. The van der Waals surface area contributed by atoms with Gasteiger partial charge in [0.25, 0.3) is 11.7 Å². The number of carbonyl (C=O) groups is 1. The Bertz CT molecular complexity index is 1170. The average molecular weight is 394 g/mol. The van der Waals surface area contributed by atoms with Crippen LogP contribution >= 0.6 is 11.3 Å². The van der Waals surface area contributed by atoms with Gasteiger partial charge in [-0.25, -0.2) is 14.5 Å². The van der Waals surface area contributed by atoms with E-state index in [1.165, 1.54) is 11.3 Å². The molecule has 8 nitrogen and oxygen atoms in total. The maximum Gasteiger partial charge on any atom is 0.297 e. The third-order valence-electron chi connectivity index (χ3n) is 4.11. The van der Waals surface area contributed by atoms with Gasteiger partial charge in [-0.3, -0.25) is 10.1 Å². The molecule has 0 atom stereocenters. The smallest absolute Gasteiger partial charge is 0.297 e. The van der Waals surface area contributed by atoms with E-state index in [1.54, 1.807) is 17.8 Å². The van der Waals surface area contributed by atoms with Gasteiger partial charge in [-0.05, 0) is 37.6 Å². The van der Waals surface area contributed by atoms with E-state index in [2.05, 4.69) is 25.4 Å². The lowest BCUT2D eigenvalue weighted by Gasteiger charge is -2.02. The van der Waals surface area contributed by atoms with Crippen LogP contribution in [0.4, 0.5) is 5.13 Å². The molecule has 3 heterocycles. The number of rotatable bonds is 5. The van der Waals surface area contributed by atoms with Crippen molar-refractivity contribution in [2.24, 2.45) is 0 Å². The van der Waals surface area contributed by atoms with E-state index in [-0.39, 0.29) is 5.82 Å². The predicted octanol–water partition coefficient (Wildman–Crippen LogP) is 3.05. The van der Waals surface area contributed by atoms with Crippen LogP contribution in [0.5, 0.6) is 5.75 Å². The van der Waals surface area contributed by atoms with Crippen LogP contribution < -0.4 is 10.1 Å². The SMILES string of the molecule is COc1cccc(Cc2cnc(NC(=O)c3nc4nc(C)cc(C)n4n3)s2)c1. The van der Waals surface area contributed by atoms with Crippen molar-refractivity contribution in [2.45, 2.75) is 20.3 Å². The molecule has 0 aliphatic carbocycles. The molecule has 4 aromatic rings. The first-order chi connectivity index (χ1) is 13.5. The number of methoxy groups -OCH3 is 1. The molecular formula is C19H18N6O2S. The van der Waals surface area contributed by atoms with Crippen LogP contribution in [0, 0.1) is 13.8 Å². The van der Waals surface area contributed by atoms with E-state index in [0.717, 1.165) is 27.6 Å². The van der Waals surface area contributed by atoms with Crippen molar-refractivity contribution < 1.29 is 9.53 Å². The summed E-state index contributed by atoms with van der Waals surface area (Å²) in [6.45, 7) is 3.77. The standard InChI is InChI=1S/C19H18N6O2S/c1-11-7-12(2)25-18(21-11)22-16(24-25)17(26)23-19-20-10-15(28-19)9-13-5-4-6-14(8-13)27-3/h4-8,10H,9H2,1-3H3,(H,20,23,26). The third-order valence-corrected chi connectivity index (χ3v) is 5.02. The quantitative estimate of drug-likeness (QED) is 0.559. The maximum atomic E-state index is 12.5. The minimum absolute atomic E-state index is 0.0609. The van der Waals surface area contributed by atoms with E-state index in [9.17, 15) is 4.79 Å². The first-order valence-corrected chi connectivity index (χ1v) is 9.43. The lowest BCUT2D eigenvalue weighted by Crippen LogP contribution is -2.13. The Balaban J connectivity index is 1.49. The Labute approximate surface area is 165 Å². The van der Waals surface area contributed by atoms with Crippen LogP contribution in [0.3, 0.4) is 0 Å². The molecule has 0 saturated carbocycles. The number of benzene rings is 1. The van der Waals surface area contributed by atoms with Gasteiger partial charge in [-0.2, -0.15) is 4.98 Å². The van der Waals surface area contributed by atoms with Crippen molar-refractivity contribution in [1.29, 1.82) is 0 Å². The number of aromatic nitrogens is 5. The molecule has 1 amide bonds. The number of hydrogen-bond donors (Lipinski definition) is 1. The molecule has 4 rings (SSSR count). The summed E-state index contributed by atoms with van der Waals surface area (Å²) < 4.78 is 6.80. The second kappa shape index (κ2) is 7.35. The number of anilines is 1. The zero-order chi connectivity index (χ0) is 19.7. The normalized spacial score (nSPS) is 11.0. The van der Waals surface area contributed by atoms with Crippen molar-refractivity contribution in [3.05, 3.63) is 64.2 Å². The molecule has 9 heteroatoms. The molecule has 0 bridgehead atoms. The number of nitrogens with zero attached hydrogens (tertiary/aromatic N) is 5. The van der Waals surface area contributed by atoms with E-state index in [4.69, 9.17) is 4.74 Å². The highest BCUT2D eigenvalue weighted by molar-refractivity contribution is 7.15. The number of carbonyl (C=O) groups excluding carboxylic acids is 1. The minimum atomic E-state index is -0.412. The van der Waals surface area contributed by atoms with Crippen molar-refractivity contribution in [2.75, 3.05) is 12.4 Å². The Kier molecular flexibility index (Phi) is 4.74. The Morgan fingerprint density at radius 3 is 2.93 bits per heavy atom. The largest absolute Gasteiger partial charge is 0.497 e. The zero-order valence-corrected chi connectivity index (χ0v) is 16.4. The number of aryl methyl sites for hydroxylation is 2. The average Bonchev–Trinajstić information content (AvgIpc) is 3.29. The fourth-order valence-corrected chi connectivity index (χ4v) is 3.69. The van der Waals surface area contributed by atoms with Gasteiger partial charge in [0.2, 0.25) is 5.82 Å². The van der Waals surface area contributed by atoms with E-state index in [0.29, 0.717) is 17.3 Å². The van der Waals surface area contributed by atoms with E-state index >= 15 is 0 Å². The number of hydrogen-bond acceptors (Lipinski definition) is 7. The fraction of sp³-hybridized carbons (Fsp3) is 0.211. The predicted molar refractivity (Wildman–Crippen MR) is 106 cm³/mol. The molecule has 0 unspecified atom stereocenters. The van der Waals surface area contributed by atoms with Crippen molar-refractivity contribution >= 4 is 28.2 Å². The lowest BCUT2D eigenvalue weighted by atomic mass is 10.1. The Morgan fingerprint density at radius 1 is 1.25 bits per heavy atom. The van der Waals surface area contributed by atoms with Gasteiger partial charge < -0.3 is 4.74 Å². The molecule has 1 N–H and O–H groups in total. The molecule has 142 valence electrons. The number of amides is 1. The molecule has 0 radical (unpaired) electrons. The molecule has 28 heavy (non-hydrogen) atoms. The molecule has 1 aromatic carbocycles. The van der Waals surface area contributed by atoms with Gasteiger partial charge in [0.15, 0.2) is 5.13 Å². The number of nitrogens with one attached hydrogen (secondary N) is 1. The number of fused-ring (bicyclic) bond motifs is 1. The molecule has 0 fully saturated rings. The second-order valence-corrected chi connectivity index (χ2v) is 7.42. The molecule has 0 spiro atoms. The van der Waals surface area contributed by atoms with Crippen LogP contribution in [-0.4, -0.2) is 37.6 Å². The Morgan fingerprint density at radius 2 is 2.11 bits per heavy atom. The van der Waals surface area contributed by atoms with Gasteiger partial charge in [0.1, 0.15) is 5.75 Å². The lowest BCUT2D eigenvalue weighted by molar-refractivity contribution is 0.101. The summed E-state index contributed by atoms with van der Waals surface area (Å²) in [5, 5.41) is 7.50. The first kappa shape index (κ1) is 18.1. The summed E-state index contributed by atoms with van der Waals surface area (Å²) in [6, 6.07) is 9.75. The van der Waals surface area contributed by atoms with Crippen LogP contribution in [0.1, 0.15) is 32.4 Å². The number of ether oxygens (including phenoxy) is 1. The van der Waals surface area contributed by atoms with Gasteiger partial charge >= 0.3 is 0 Å². The first-order valence-electron chi connectivity index (χ1n) is 8.62. The topological polar surface area (TPSA) is 94.3 Å². The second-order valence-electron chi connectivity index (χ2n) is 6.30. The summed E-state index contributed by atoms with van der Waals surface area (Å²) in [6.07, 6.45) is 2.46. The molecule has 3 aromatic heterocycles. The highest BCUT2D eigenvalue weighted by atomic mass is 32.1. The van der Waals surface area contributed by atoms with Crippen LogP contribution in [-0.2, 0) is 6.42 Å². The summed E-state index contributed by atoms with van der Waals surface area (Å²) in [5.41, 5.74) is 2.80. The van der Waals surface area contributed by atoms with Crippen molar-refractivity contribution in [1.82, 2.24) is 24.6 Å². The van der Waals surface area contributed by atoms with Crippen LogP contribution in [0.15, 0.2) is 36.5 Å². The van der Waals surface area contributed by atoms with Crippen LogP contribution in [0.25, 0.3) is 5.78 Å². The monoisotopic (exact) mass is 394 g/mol. The van der Waals surface area contributed by atoms with E-state index < -0.39 is 5.91 Å².